The quantitative estimate of drug-likeness (QED) is 0.652. The van der Waals surface area contributed by atoms with Crippen molar-refractivity contribution in [3.05, 3.63) is 52.5 Å². The molecule has 1 aromatic heterocycles. The normalized spacial score (nSPS) is 10.9. The average Bonchev–Trinajstić information content (AvgIpc) is 3.03. The Balaban J connectivity index is 1.83. The van der Waals surface area contributed by atoms with Gasteiger partial charge in [0, 0.05) is 5.69 Å². The number of phenolic OH excluding ortho intramolecular Hbond substituents is 1. The highest BCUT2D eigenvalue weighted by Crippen LogP contribution is 2.34. The molecule has 9 heteroatoms. The zero-order valence-corrected chi connectivity index (χ0v) is 14.2. The van der Waals surface area contributed by atoms with Crippen molar-refractivity contribution in [1.29, 1.82) is 0 Å². The van der Waals surface area contributed by atoms with E-state index < -0.39 is 0 Å². The molecule has 0 aliphatic rings. The third kappa shape index (κ3) is 3.51. The molecule has 0 unspecified atom stereocenters. The van der Waals surface area contributed by atoms with E-state index >= 15 is 0 Å². The lowest BCUT2D eigenvalue weighted by atomic mass is 10.2. The van der Waals surface area contributed by atoms with Crippen molar-refractivity contribution in [3.63, 3.8) is 0 Å². The molecule has 0 aliphatic carbocycles. The van der Waals surface area contributed by atoms with E-state index in [-0.39, 0.29) is 5.75 Å². The van der Waals surface area contributed by atoms with E-state index in [0.29, 0.717) is 21.7 Å². The predicted molar refractivity (Wildman–Crippen MR) is 92.9 cm³/mol. The molecule has 0 atom stereocenters. The van der Waals surface area contributed by atoms with Gasteiger partial charge in [-0.25, -0.2) is 0 Å². The Morgan fingerprint density at radius 3 is 2.83 bits per heavy atom. The van der Waals surface area contributed by atoms with Crippen molar-refractivity contribution in [2.45, 2.75) is 0 Å². The molecule has 0 saturated heterocycles. The van der Waals surface area contributed by atoms with Gasteiger partial charge in [-0.15, -0.1) is 0 Å². The first-order valence-corrected chi connectivity index (χ1v) is 7.68. The van der Waals surface area contributed by atoms with Gasteiger partial charge in [0.05, 0.1) is 17.8 Å². The molecule has 0 spiro atoms. The molecule has 122 valence electrons. The lowest BCUT2D eigenvalue weighted by molar-refractivity contribution is 0.372. The van der Waals surface area contributed by atoms with Crippen molar-refractivity contribution in [2.75, 3.05) is 12.4 Å². The third-order valence-electron chi connectivity index (χ3n) is 3.07. The number of hydrogen-bond donors (Lipinski definition) is 2. The summed E-state index contributed by atoms with van der Waals surface area (Å²) in [5.74, 6) is 0.746. The van der Waals surface area contributed by atoms with Crippen LogP contribution in [0.25, 0.3) is 0 Å². The predicted octanol–water partition coefficient (Wildman–Crippen LogP) is 2.78. The maximum Gasteiger partial charge on any atom is 0.269 e. The Labute approximate surface area is 145 Å². The van der Waals surface area contributed by atoms with E-state index in [1.54, 1.807) is 18.3 Å². The second-order valence-electron chi connectivity index (χ2n) is 4.68. The van der Waals surface area contributed by atoms with E-state index in [0.717, 1.165) is 5.69 Å². The van der Waals surface area contributed by atoms with Crippen molar-refractivity contribution >= 4 is 33.8 Å². The highest BCUT2D eigenvalue weighted by atomic mass is 79.9. The fourth-order valence-electron chi connectivity index (χ4n) is 1.93. The molecular weight excluding hydrogens is 376 g/mol. The molecule has 0 aliphatic heterocycles. The number of aromatic nitrogens is 4. The molecule has 3 aromatic rings. The fourth-order valence-corrected chi connectivity index (χ4v) is 2.39. The number of halogens is 1. The summed E-state index contributed by atoms with van der Waals surface area (Å²) in [6, 6.07) is 12.9. The molecule has 0 fully saturated rings. The van der Waals surface area contributed by atoms with Gasteiger partial charge in [0.2, 0.25) is 0 Å². The number of phenols is 1. The maximum absolute atomic E-state index is 9.82. The zero-order chi connectivity index (χ0) is 16.9. The summed E-state index contributed by atoms with van der Waals surface area (Å²) in [5.41, 5.74) is 1.55. The van der Waals surface area contributed by atoms with Crippen LogP contribution in [0.1, 0.15) is 5.56 Å². The van der Waals surface area contributed by atoms with Crippen LogP contribution in [0, 0.1) is 0 Å². The van der Waals surface area contributed by atoms with Crippen molar-refractivity contribution in [3.8, 4) is 11.5 Å². The Hall–Kier alpha value is -2.94. The summed E-state index contributed by atoms with van der Waals surface area (Å²) in [5, 5.41) is 28.4. The maximum atomic E-state index is 9.82. The summed E-state index contributed by atoms with van der Waals surface area (Å²) in [6.07, 6.45) is 1.55. The average molecular weight is 389 g/mol. The number of aromatic hydroxyl groups is 1. The Kier molecular flexibility index (Phi) is 4.71. The highest BCUT2D eigenvalue weighted by Gasteiger charge is 2.08. The summed E-state index contributed by atoms with van der Waals surface area (Å²) in [4.78, 5) is 1.26. The van der Waals surface area contributed by atoms with Crippen molar-refractivity contribution in [2.24, 2.45) is 5.10 Å². The number of anilines is 2. The molecule has 2 aromatic carbocycles. The van der Waals surface area contributed by atoms with Gasteiger partial charge >= 0.3 is 0 Å². The zero-order valence-electron chi connectivity index (χ0n) is 12.6. The molecule has 3 rings (SSSR count). The van der Waals surface area contributed by atoms with E-state index in [9.17, 15) is 5.11 Å². The number of rotatable bonds is 5. The van der Waals surface area contributed by atoms with Crippen LogP contribution in [0.3, 0.4) is 0 Å². The van der Waals surface area contributed by atoms with Crippen LogP contribution in [0.4, 0.5) is 11.6 Å². The number of nitrogens with zero attached hydrogens (tertiary/aromatic N) is 5. The Bertz CT molecular complexity index is 866. The number of benzene rings is 2. The Morgan fingerprint density at radius 1 is 1.29 bits per heavy atom. The molecule has 1 heterocycles. The van der Waals surface area contributed by atoms with Crippen LogP contribution < -0.4 is 10.1 Å². The van der Waals surface area contributed by atoms with Crippen LogP contribution in [-0.4, -0.2) is 38.7 Å². The standard InChI is InChI=1S/C15H13BrN6O2/c1-24-13-8-10(7-12(16)14(13)23)9-17-22-15(19-20-21-22)18-11-5-3-2-4-6-11/h2-9,23H,1H3,(H,18,19,21). The number of para-hydroxylation sites is 1. The first kappa shape index (κ1) is 15.9. The molecule has 0 radical (unpaired) electrons. The van der Waals surface area contributed by atoms with Gasteiger partial charge in [0.25, 0.3) is 5.95 Å². The summed E-state index contributed by atoms with van der Waals surface area (Å²) < 4.78 is 5.61. The topological polar surface area (TPSA) is 97.5 Å². The lowest BCUT2D eigenvalue weighted by Gasteiger charge is -2.06. The van der Waals surface area contributed by atoms with Crippen LogP contribution in [-0.2, 0) is 0 Å². The van der Waals surface area contributed by atoms with Crippen LogP contribution in [0.5, 0.6) is 11.5 Å². The minimum absolute atomic E-state index is 0.0310. The minimum Gasteiger partial charge on any atom is -0.503 e. The summed E-state index contributed by atoms with van der Waals surface area (Å²) in [6.45, 7) is 0. The molecule has 24 heavy (non-hydrogen) atoms. The van der Waals surface area contributed by atoms with Gasteiger partial charge in [-0.05, 0) is 56.2 Å². The van der Waals surface area contributed by atoms with E-state index in [4.69, 9.17) is 4.74 Å². The fraction of sp³-hybridized carbons (Fsp3) is 0.0667. The molecular formula is C15H13BrN6O2. The lowest BCUT2D eigenvalue weighted by Crippen LogP contribution is -2.01. The van der Waals surface area contributed by atoms with Gasteiger partial charge in [-0.3, -0.25) is 0 Å². The summed E-state index contributed by atoms with van der Waals surface area (Å²) >= 11 is 3.26. The van der Waals surface area contributed by atoms with Crippen LogP contribution >= 0.6 is 15.9 Å². The van der Waals surface area contributed by atoms with E-state index in [1.807, 2.05) is 30.3 Å². The minimum atomic E-state index is 0.0310. The van der Waals surface area contributed by atoms with Gasteiger partial charge < -0.3 is 15.2 Å². The highest BCUT2D eigenvalue weighted by molar-refractivity contribution is 9.10. The molecule has 0 amide bonds. The SMILES string of the molecule is COc1cc(C=Nn2nnnc2Nc2ccccc2)cc(Br)c1O. The van der Waals surface area contributed by atoms with Crippen molar-refractivity contribution in [1.82, 2.24) is 20.3 Å². The number of ether oxygens (including phenoxy) is 1. The number of methoxy groups -OCH3 is 1. The molecule has 2 N–H and O–H groups in total. The first-order chi connectivity index (χ1) is 11.7. The number of hydrogen-bond acceptors (Lipinski definition) is 7. The second-order valence-corrected chi connectivity index (χ2v) is 5.54. The second kappa shape index (κ2) is 7.09. The summed E-state index contributed by atoms with van der Waals surface area (Å²) in [7, 11) is 1.48. The molecule has 8 nitrogen and oxygen atoms in total. The van der Waals surface area contributed by atoms with E-state index in [2.05, 4.69) is 41.9 Å². The van der Waals surface area contributed by atoms with Crippen LogP contribution in [0.2, 0.25) is 0 Å². The Morgan fingerprint density at radius 2 is 2.08 bits per heavy atom. The smallest absolute Gasteiger partial charge is 0.269 e. The number of tetrazole rings is 1. The monoisotopic (exact) mass is 388 g/mol. The van der Waals surface area contributed by atoms with Gasteiger partial charge in [-0.1, -0.05) is 28.1 Å². The number of nitrogens with one attached hydrogen (secondary N) is 1. The van der Waals surface area contributed by atoms with E-state index in [1.165, 1.54) is 11.9 Å². The molecule has 0 bridgehead atoms. The van der Waals surface area contributed by atoms with Crippen LogP contribution in [0.15, 0.2) is 52.0 Å². The van der Waals surface area contributed by atoms with Crippen molar-refractivity contribution < 1.29 is 9.84 Å². The van der Waals surface area contributed by atoms with Gasteiger partial charge in [0.15, 0.2) is 11.5 Å². The molecule has 0 saturated carbocycles. The van der Waals surface area contributed by atoms with Gasteiger partial charge in [-0.2, -0.15) is 5.10 Å². The third-order valence-corrected chi connectivity index (χ3v) is 3.67. The van der Waals surface area contributed by atoms with Gasteiger partial charge in [0.1, 0.15) is 0 Å². The first-order valence-electron chi connectivity index (χ1n) is 6.88. The largest absolute Gasteiger partial charge is 0.503 e.